The number of carbonyl (C=O) groups is 1. The Morgan fingerprint density at radius 3 is 2.74 bits per heavy atom. The number of hydrogen-bond acceptors (Lipinski definition) is 7. The molecule has 3 heterocycles. The zero-order chi connectivity index (χ0) is 25.0. The summed E-state index contributed by atoms with van der Waals surface area (Å²) in [5.74, 6) is 0.959. The van der Waals surface area contributed by atoms with E-state index in [9.17, 15) is 9.90 Å². The summed E-state index contributed by atoms with van der Waals surface area (Å²) in [4.78, 5) is 21.9. The van der Waals surface area contributed by atoms with Crippen LogP contribution in [0.15, 0.2) is 54.5 Å². The molecule has 3 N–H and O–H groups in total. The minimum atomic E-state index is -1.21. The van der Waals surface area contributed by atoms with E-state index in [1.807, 2.05) is 50.5 Å². The van der Waals surface area contributed by atoms with E-state index < -0.39 is 5.60 Å². The maximum Gasteiger partial charge on any atom is 0.222 e. The number of aromatic amines is 1. The second-order valence-electron chi connectivity index (χ2n) is 8.89. The van der Waals surface area contributed by atoms with E-state index in [0.717, 1.165) is 34.6 Å². The fraction of sp³-hybridized carbons (Fsp3) is 0.360. The molecule has 0 radical (unpaired) electrons. The maximum atomic E-state index is 12.3. The number of pyridine rings is 1. The van der Waals surface area contributed by atoms with Gasteiger partial charge in [0.1, 0.15) is 17.7 Å². The number of thioether (sulfide) groups is 1. The molecule has 1 aliphatic rings. The highest BCUT2D eigenvalue weighted by Gasteiger charge is 2.42. The first-order chi connectivity index (χ1) is 16.8. The van der Waals surface area contributed by atoms with Crippen LogP contribution in [0.25, 0.3) is 4.91 Å². The highest BCUT2D eigenvalue weighted by Crippen LogP contribution is 2.57. The van der Waals surface area contributed by atoms with Crippen molar-refractivity contribution >= 4 is 40.0 Å². The van der Waals surface area contributed by atoms with Crippen molar-refractivity contribution in [1.82, 2.24) is 25.1 Å². The molecular formula is C25H29ClN6O2S. The Morgan fingerprint density at radius 2 is 2.09 bits per heavy atom. The van der Waals surface area contributed by atoms with Crippen LogP contribution >= 0.6 is 23.4 Å². The van der Waals surface area contributed by atoms with Crippen LogP contribution in [0.2, 0.25) is 5.02 Å². The summed E-state index contributed by atoms with van der Waals surface area (Å²) in [6.45, 7) is 2.31. The summed E-state index contributed by atoms with van der Waals surface area (Å²) >= 11 is 7.80. The van der Waals surface area contributed by atoms with Crippen molar-refractivity contribution in [3.8, 4) is 0 Å². The number of hydrogen-bond donors (Lipinski definition) is 3. The lowest BCUT2D eigenvalue weighted by atomic mass is 9.79. The third kappa shape index (κ3) is 5.92. The van der Waals surface area contributed by atoms with E-state index in [2.05, 4.69) is 30.4 Å². The first-order valence-electron chi connectivity index (χ1n) is 11.4. The van der Waals surface area contributed by atoms with E-state index >= 15 is 0 Å². The van der Waals surface area contributed by atoms with Gasteiger partial charge in [-0.15, -0.1) is 22.0 Å². The number of rotatable bonds is 9. The van der Waals surface area contributed by atoms with Gasteiger partial charge in [-0.2, -0.15) is 0 Å². The Bertz CT molecular complexity index is 1200. The Labute approximate surface area is 214 Å². The quantitative estimate of drug-likeness (QED) is 0.383. The summed E-state index contributed by atoms with van der Waals surface area (Å²) in [6.07, 6.45) is 5.18. The number of nitrogens with one attached hydrogen (secondary N) is 2. The summed E-state index contributed by atoms with van der Waals surface area (Å²) in [5.41, 5.74) is 1.48. The molecule has 35 heavy (non-hydrogen) atoms. The molecule has 0 aliphatic carbocycles. The van der Waals surface area contributed by atoms with Crippen molar-refractivity contribution < 1.29 is 9.90 Å². The monoisotopic (exact) mass is 512 g/mol. The van der Waals surface area contributed by atoms with Gasteiger partial charge in [0.2, 0.25) is 5.91 Å². The predicted molar refractivity (Wildman–Crippen MR) is 140 cm³/mol. The van der Waals surface area contributed by atoms with Gasteiger partial charge in [-0.1, -0.05) is 23.7 Å². The average Bonchev–Trinajstić information content (AvgIpc) is 3.49. The summed E-state index contributed by atoms with van der Waals surface area (Å²) in [5, 5.41) is 24.0. The lowest BCUT2D eigenvalue weighted by Crippen LogP contribution is -2.30. The van der Waals surface area contributed by atoms with Crippen molar-refractivity contribution in [1.29, 1.82) is 0 Å². The molecule has 0 saturated heterocycles. The Hall–Kier alpha value is -2.72. The number of aromatic nitrogens is 4. The largest absolute Gasteiger partial charge is 0.381 e. The molecule has 2 atom stereocenters. The molecule has 1 aromatic carbocycles. The number of anilines is 1. The molecule has 8 nitrogen and oxygen atoms in total. The van der Waals surface area contributed by atoms with Crippen LogP contribution in [0.4, 0.5) is 5.82 Å². The summed E-state index contributed by atoms with van der Waals surface area (Å²) in [6, 6.07) is 11.2. The van der Waals surface area contributed by atoms with E-state index in [4.69, 9.17) is 11.6 Å². The van der Waals surface area contributed by atoms with Gasteiger partial charge in [0.15, 0.2) is 5.82 Å². The molecule has 10 heteroatoms. The fourth-order valence-corrected chi connectivity index (χ4v) is 5.88. The molecule has 1 aliphatic heterocycles. The fourth-order valence-electron chi connectivity index (χ4n) is 4.33. The smallest absolute Gasteiger partial charge is 0.222 e. The SMILES string of the molecule is CC(=O)Nc1cc(C2CC(C(O)(CCCN(C)C)c3ccc(Cl)cc3)=C(c3nnc[nH]3)S2)ccn1. The van der Waals surface area contributed by atoms with Gasteiger partial charge in [-0.05, 0) is 80.9 Å². The second-order valence-corrected chi connectivity index (χ2v) is 10.5. The lowest BCUT2D eigenvalue weighted by Gasteiger charge is -2.32. The van der Waals surface area contributed by atoms with Crippen LogP contribution in [-0.2, 0) is 10.4 Å². The number of H-pyrrole nitrogens is 1. The number of amides is 1. The number of nitrogens with zero attached hydrogens (tertiary/aromatic N) is 4. The zero-order valence-corrected chi connectivity index (χ0v) is 21.5. The highest BCUT2D eigenvalue weighted by atomic mass is 35.5. The van der Waals surface area contributed by atoms with Crippen LogP contribution in [0.1, 0.15) is 48.4 Å². The zero-order valence-electron chi connectivity index (χ0n) is 20.0. The molecule has 1 amide bonds. The second kappa shape index (κ2) is 10.9. The van der Waals surface area contributed by atoms with Gasteiger partial charge in [0, 0.05) is 23.4 Å². The first-order valence-corrected chi connectivity index (χ1v) is 12.7. The molecule has 0 bridgehead atoms. The third-order valence-corrected chi connectivity index (χ3v) is 7.63. The van der Waals surface area contributed by atoms with Gasteiger partial charge < -0.3 is 20.3 Å². The summed E-state index contributed by atoms with van der Waals surface area (Å²) in [7, 11) is 4.05. The number of benzene rings is 1. The first kappa shape index (κ1) is 25.4. The van der Waals surface area contributed by atoms with Crippen molar-refractivity contribution in [2.24, 2.45) is 0 Å². The minimum absolute atomic E-state index is 0.00767. The van der Waals surface area contributed by atoms with Crippen molar-refractivity contribution in [2.45, 2.75) is 37.0 Å². The molecule has 0 fully saturated rings. The topological polar surface area (TPSA) is 107 Å². The third-order valence-electron chi connectivity index (χ3n) is 5.98. The predicted octanol–water partition coefficient (Wildman–Crippen LogP) is 4.63. The number of aliphatic hydroxyl groups is 1. The molecular weight excluding hydrogens is 484 g/mol. The summed E-state index contributed by atoms with van der Waals surface area (Å²) < 4.78 is 0. The van der Waals surface area contributed by atoms with Crippen LogP contribution in [0.3, 0.4) is 0 Å². The Kier molecular flexibility index (Phi) is 7.91. The van der Waals surface area contributed by atoms with Gasteiger partial charge >= 0.3 is 0 Å². The Balaban J connectivity index is 1.75. The van der Waals surface area contributed by atoms with Crippen LogP contribution < -0.4 is 5.32 Å². The molecule has 0 saturated carbocycles. The van der Waals surface area contributed by atoms with Crippen LogP contribution in [0, 0.1) is 0 Å². The van der Waals surface area contributed by atoms with Crippen LogP contribution in [-0.4, -0.2) is 56.7 Å². The normalized spacial score (nSPS) is 17.6. The molecule has 3 aromatic rings. The Morgan fingerprint density at radius 1 is 1.31 bits per heavy atom. The molecule has 2 aromatic heterocycles. The minimum Gasteiger partial charge on any atom is -0.381 e. The molecule has 0 spiro atoms. The van der Waals surface area contributed by atoms with Crippen LogP contribution in [0.5, 0.6) is 0 Å². The lowest BCUT2D eigenvalue weighted by molar-refractivity contribution is -0.114. The van der Waals surface area contributed by atoms with E-state index in [0.29, 0.717) is 29.5 Å². The molecule has 2 unspecified atom stereocenters. The van der Waals surface area contributed by atoms with Gasteiger partial charge in [-0.25, -0.2) is 4.98 Å². The van der Waals surface area contributed by atoms with E-state index in [1.165, 1.54) is 6.92 Å². The highest BCUT2D eigenvalue weighted by molar-refractivity contribution is 8.08. The van der Waals surface area contributed by atoms with E-state index in [-0.39, 0.29) is 11.2 Å². The number of halogens is 1. The average molecular weight is 513 g/mol. The van der Waals surface area contributed by atoms with Crippen molar-refractivity contribution in [3.63, 3.8) is 0 Å². The van der Waals surface area contributed by atoms with E-state index in [1.54, 1.807) is 24.3 Å². The molecule has 184 valence electrons. The van der Waals surface area contributed by atoms with Crippen molar-refractivity contribution in [3.05, 3.63) is 76.5 Å². The standard InChI is InChI=1S/C25H29ClN6O2S/c1-16(33)30-22-13-17(9-11-27-22)21-14-20(23(35-21)24-28-15-29-31-24)25(34,10-4-12-32(2)3)18-5-7-19(26)8-6-18/h5-9,11,13,15,21,34H,4,10,12,14H2,1-3H3,(H,27,30,33)(H,28,29,31). The van der Waals surface area contributed by atoms with Gasteiger partial charge in [-0.3, -0.25) is 4.79 Å². The van der Waals surface area contributed by atoms with Crippen molar-refractivity contribution in [2.75, 3.05) is 26.0 Å². The van der Waals surface area contributed by atoms with Gasteiger partial charge in [0.05, 0.1) is 4.91 Å². The maximum absolute atomic E-state index is 12.3. The molecule has 4 rings (SSSR count). The van der Waals surface area contributed by atoms with Gasteiger partial charge in [0.25, 0.3) is 0 Å². The number of carbonyl (C=O) groups excluding carboxylic acids is 1.